The van der Waals surface area contributed by atoms with Gasteiger partial charge in [0.15, 0.2) is 5.15 Å². The van der Waals surface area contributed by atoms with Crippen molar-refractivity contribution in [1.82, 2.24) is 15.3 Å². The highest BCUT2D eigenvalue weighted by molar-refractivity contribution is 6.29. The summed E-state index contributed by atoms with van der Waals surface area (Å²) in [4.78, 5) is 20.4. The molecule has 0 saturated heterocycles. The second-order valence-corrected chi connectivity index (χ2v) is 6.98. The molecule has 0 spiro atoms. The molecule has 1 N–H and O–H groups in total. The number of nitrogens with one attached hydrogen (secondary N) is 1. The third-order valence-corrected chi connectivity index (χ3v) is 4.23. The van der Waals surface area contributed by atoms with Crippen LogP contribution in [0.5, 0.6) is 0 Å². The van der Waals surface area contributed by atoms with Crippen molar-refractivity contribution < 1.29 is 4.79 Å². The Kier molecular flexibility index (Phi) is 4.63. The lowest BCUT2D eigenvalue weighted by Gasteiger charge is -2.38. The highest BCUT2D eigenvalue weighted by atomic mass is 35.5. The summed E-state index contributed by atoms with van der Waals surface area (Å²) in [6.07, 6.45) is 6.21. The van der Waals surface area contributed by atoms with Gasteiger partial charge in [-0.15, -0.1) is 0 Å². The minimum atomic E-state index is 0.0872. The fourth-order valence-corrected chi connectivity index (χ4v) is 3.50. The molecule has 1 aromatic heterocycles. The highest BCUT2D eigenvalue weighted by Crippen LogP contribution is 2.41. The average Bonchev–Trinajstić information content (AvgIpc) is 2.35. The topological polar surface area (TPSA) is 54.9 Å². The molecule has 1 aromatic rings. The van der Waals surface area contributed by atoms with E-state index < -0.39 is 0 Å². The van der Waals surface area contributed by atoms with Crippen LogP contribution in [0.25, 0.3) is 0 Å². The number of hydrogen-bond acceptors (Lipinski definition) is 3. The van der Waals surface area contributed by atoms with Crippen LogP contribution >= 0.6 is 11.6 Å². The molecule has 2 rings (SSSR count). The number of rotatable bonds is 3. The van der Waals surface area contributed by atoms with E-state index in [2.05, 4.69) is 36.1 Å². The maximum absolute atomic E-state index is 12.3. The molecule has 1 aliphatic rings. The number of aromatic nitrogens is 2. The van der Waals surface area contributed by atoms with Crippen LogP contribution in [0.2, 0.25) is 5.15 Å². The Morgan fingerprint density at radius 1 is 1.40 bits per heavy atom. The fraction of sp³-hybridized carbons (Fsp3) is 0.667. The van der Waals surface area contributed by atoms with Crippen molar-refractivity contribution in [2.75, 3.05) is 0 Å². The Morgan fingerprint density at radius 3 is 2.75 bits per heavy atom. The van der Waals surface area contributed by atoms with Gasteiger partial charge >= 0.3 is 0 Å². The zero-order valence-electron chi connectivity index (χ0n) is 12.3. The Hall–Kier alpha value is -1.16. The molecule has 0 radical (unpaired) electrons. The van der Waals surface area contributed by atoms with Gasteiger partial charge in [-0.2, -0.15) is 0 Å². The first kappa shape index (κ1) is 15.2. The van der Waals surface area contributed by atoms with Crippen LogP contribution in [0.15, 0.2) is 12.4 Å². The Balaban J connectivity index is 1.93. The number of carbonyl (C=O) groups excluding carboxylic acids is 1. The van der Waals surface area contributed by atoms with Crippen LogP contribution in [0.4, 0.5) is 0 Å². The van der Waals surface area contributed by atoms with Gasteiger partial charge in [0.2, 0.25) is 5.91 Å². The van der Waals surface area contributed by atoms with Crippen molar-refractivity contribution in [3.63, 3.8) is 0 Å². The molecule has 2 unspecified atom stereocenters. The lowest BCUT2D eigenvalue weighted by atomic mass is 9.68. The molecule has 1 amide bonds. The van der Waals surface area contributed by atoms with E-state index in [0.717, 1.165) is 12.8 Å². The van der Waals surface area contributed by atoms with Crippen molar-refractivity contribution in [2.24, 2.45) is 17.3 Å². The van der Waals surface area contributed by atoms with E-state index in [1.807, 2.05) is 0 Å². The van der Waals surface area contributed by atoms with Gasteiger partial charge in [-0.1, -0.05) is 32.4 Å². The molecule has 0 bridgehead atoms. The van der Waals surface area contributed by atoms with Gasteiger partial charge in [-0.05, 0) is 30.6 Å². The van der Waals surface area contributed by atoms with E-state index >= 15 is 0 Å². The first-order valence-electron chi connectivity index (χ1n) is 7.10. The van der Waals surface area contributed by atoms with Crippen LogP contribution in [-0.2, 0) is 11.3 Å². The highest BCUT2D eigenvalue weighted by Gasteiger charge is 2.35. The predicted molar refractivity (Wildman–Crippen MR) is 79.2 cm³/mol. The van der Waals surface area contributed by atoms with E-state index in [4.69, 9.17) is 11.6 Å². The number of halogens is 1. The Morgan fingerprint density at radius 2 is 2.10 bits per heavy atom. The summed E-state index contributed by atoms with van der Waals surface area (Å²) in [7, 11) is 0. The minimum Gasteiger partial charge on any atom is -0.350 e. The quantitative estimate of drug-likeness (QED) is 0.931. The van der Waals surface area contributed by atoms with Crippen LogP contribution in [0.1, 0.15) is 45.7 Å². The normalized spacial score (nSPS) is 25.2. The fourth-order valence-electron chi connectivity index (χ4n) is 3.33. The molecule has 1 fully saturated rings. The van der Waals surface area contributed by atoms with E-state index in [1.54, 1.807) is 12.4 Å². The zero-order chi connectivity index (χ0) is 14.8. The molecular formula is C15H22ClN3O. The SMILES string of the molecule is CC1CC(C(=O)NCc2nccnc2Cl)CC(C)(C)C1. The summed E-state index contributed by atoms with van der Waals surface area (Å²) in [5, 5.41) is 3.29. The van der Waals surface area contributed by atoms with Crippen LogP contribution < -0.4 is 5.32 Å². The molecule has 110 valence electrons. The number of hydrogen-bond donors (Lipinski definition) is 1. The van der Waals surface area contributed by atoms with Gasteiger partial charge in [0.1, 0.15) is 0 Å². The summed E-state index contributed by atoms with van der Waals surface area (Å²) in [5.74, 6) is 0.783. The molecule has 2 atom stereocenters. The van der Waals surface area contributed by atoms with Crippen LogP contribution in [0, 0.1) is 17.3 Å². The predicted octanol–water partition coefficient (Wildman–Crippen LogP) is 3.21. The van der Waals surface area contributed by atoms with Crippen molar-refractivity contribution in [3.05, 3.63) is 23.2 Å². The second kappa shape index (κ2) is 6.08. The van der Waals surface area contributed by atoms with Crippen LogP contribution in [-0.4, -0.2) is 15.9 Å². The summed E-state index contributed by atoms with van der Waals surface area (Å²) in [6, 6.07) is 0. The molecule has 1 saturated carbocycles. The smallest absolute Gasteiger partial charge is 0.223 e. The number of carbonyl (C=O) groups is 1. The van der Waals surface area contributed by atoms with Crippen molar-refractivity contribution in [3.8, 4) is 0 Å². The van der Waals surface area contributed by atoms with Gasteiger partial charge in [0, 0.05) is 18.3 Å². The average molecular weight is 296 g/mol. The van der Waals surface area contributed by atoms with Gasteiger partial charge in [-0.3, -0.25) is 9.78 Å². The van der Waals surface area contributed by atoms with E-state index in [9.17, 15) is 4.79 Å². The Labute approximate surface area is 125 Å². The largest absolute Gasteiger partial charge is 0.350 e. The van der Waals surface area contributed by atoms with Crippen molar-refractivity contribution in [2.45, 2.75) is 46.6 Å². The molecular weight excluding hydrogens is 274 g/mol. The van der Waals surface area contributed by atoms with E-state index in [0.29, 0.717) is 23.3 Å². The molecule has 0 aliphatic heterocycles. The lowest BCUT2D eigenvalue weighted by molar-refractivity contribution is -0.128. The molecule has 4 nitrogen and oxygen atoms in total. The Bertz CT molecular complexity index is 490. The first-order chi connectivity index (χ1) is 9.37. The van der Waals surface area contributed by atoms with E-state index in [1.165, 1.54) is 6.42 Å². The van der Waals surface area contributed by atoms with Gasteiger partial charge in [0.25, 0.3) is 0 Å². The molecule has 1 heterocycles. The second-order valence-electron chi connectivity index (χ2n) is 6.62. The van der Waals surface area contributed by atoms with Crippen LogP contribution in [0.3, 0.4) is 0 Å². The first-order valence-corrected chi connectivity index (χ1v) is 7.48. The number of nitrogens with zero attached hydrogens (tertiary/aromatic N) is 2. The maximum Gasteiger partial charge on any atom is 0.223 e. The third kappa shape index (κ3) is 3.92. The van der Waals surface area contributed by atoms with Crippen molar-refractivity contribution >= 4 is 17.5 Å². The van der Waals surface area contributed by atoms with Gasteiger partial charge < -0.3 is 5.32 Å². The molecule has 20 heavy (non-hydrogen) atoms. The molecule has 5 heteroatoms. The lowest BCUT2D eigenvalue weighted by Crippen LogP contribution is -2.38. The zero-order valence-corrected chi connectivity index (χ0v) is 13.1. The summed E-state index contributed by atoms with van der Waals surface area (Å²) < 4.78 is 0. The molecule has 1 aliphatic carbocycles. The van der Waals surface area contributed by atoms with Gasteiger partial charge in [-0.25, -0.2) is 4.98 Å². The molecule has 0 aromatic carbocycles. The van der Waals surface area contributed by atoms with Gasteiger partial charge in [0.05, 0.1) is 12.2 Å². The van der Waals surface area contributed by atoms with Crippen molar-refractivity contribution in [1.29, 1.82) is 0 Å². The minimum absolute atomic E-state index is 0.0872. The third-order valence-electron chi connectivity index (χ3n) is 3.91. The number of amides is 1. The standard InChI is InChI=1S/C15H22ClN3O/c1-10-6-11(8-15(2,3)7-10)14(20)19-9-12-13(16)18-5-4-17-12/h4-5,10-11H,6-9H2,1-3H3,(H,19,20). The van der Waals surface area contributed by atoms with E-state index in [-0.39, 0.29) is 17.2 Å². The summed E-state index contributed by atoms with van der Waals surface area (Å²) >= 11 is 5.94. The summed E-state index contributed by atoms with van der Waals surface area (Å²) in [5.41, 5.74) is 0.856. The maximum atomic E-state index is 12.3. The summed E-state index contributed by atoms with van der Waals surface area (Å²) in [6.45, 7) is 7.04. The monoisotopic (exact) mass is 295 g/mol.